The summed E-state index contributed by atoms with van der Waals surface area (Å²) in [5, 5.41) is 12.0. The number of fused-ring (bicyclic) bond motifs is 1. The molecule has 1 N–H and O–H groups in total. The minimum atomic E-state index is -0.0656. The lowest BCUT2D eigenvalue weighted by Crippen LogP contribution is -2.36. The van der Waals surface area contributed by atoms with E-state index in [4.69, 9.17) is 5.26 Å². The summed E-state index contributed by atoms with van der Waals surface area (Å²) in [4.78, 5) is 12.4. The summed E-state index contributed by atoms with van der Waals surface area (Å²) in [5.41, 5.74) is 4.90. The summed E-state index contributed by atoms with van der Waals surface area (Å²) in [6, 6.07) is 15.8. The van der Waals surface area contributed by atoms with Crippen molar-refractivity contribution in [1.29, 1.82) is 5.26 Å². The maximum atomic E-state index is 12.4. The summed E-state index contributed by atoms with van der Waals surface area (Å²) in [5.74, 6) is -0.0656. The molecule has 3 nitrogen and oxygen atoms in total. The Morgan fingerprint density at radius 3 is 2.43 bits per heavy atom. The van der Waals surface area contributed by atoms with Crippen LogP contribution in [0.3, 0.4) is 0 Å². The van der Waals surface area contributed by atoms with Gasteiger partial charge in [0.1, 0.15) is 0 Å². The predicted octanol–water partition coefficient (Wildman–Crippen LogP) is 3.40. The van der Waals surface area contributed by atoms with Crippen LogP contribution in [0.1, 0.15) is 39.5 Å². The molecule has 2 aromatic rings. The number of amides is 1. The highest BCUT2D eigenvalue weighted by atomic mass is 16.1. The standard InChI is InChI=1S/C20H20N2O/c1-14-9-15(12-21)7-8-18(14)19(23)22-13-20(2)10-16-5-3-4-6-17(16)11-20/h3-9H,10-11,13H2,1-2H3,(H,22,23). The van der Waals surface area contributed by atoms with Crippen molar-refractivity contribution in [2.24, 2.45) is 5.41 Å². The summed E-state index contributed by atoms with van der Waals surface area (Å²) in [6.07, 6.45) is 1.99. The smallest absolute Gasteiger partial charge is 0.251 e. The lowest BCUT2D eigenvalue weighted by molar-refractivity contribution is 0.0934. The molecule has 0 heterocycles. The van der Waals surface area contributed by atoms with Gasteiger partial charge < -0.3 is 5.32 Å². The number of hydrogen-bond acceptors (Lipinski definition) is 2. The number of carbonyl (C=O) groups excluding carboxylic acids is 1. The molecular formula is C20H20N2O. The number of hydrogen-bond donors (Lipinski definition) is 1. The highest BCUT2D eigenvalue weighted by Crippen LogP contribution is 2.36. The molecule has 116 valence electrons. The molecule has 1 amide bonds. The topological polar surface area (TPSA) is 52.9 Å². The van der Waals surface area contributed by atoms with Gasteiger partial charge >= 0.3 is 0 Å². The molecule has 1 aliphatic rings. The molecule has 0 saturated carbocycles. The first kappa shape index (κ1) is 15.3. The lowest BCUT2D eigenvalue weighted by atomic mass is 9.87. The normalized spacial score (nSPS) is 14.8. The zero-order chi connectivity index (χ0) is 16.4. The average Bonchev–Trinajstić information content (AvgIpc) is 2.89. The van der Waals surface area contributed by atoms with Gasteiger partial charge in [0.25, 0.3) is 5.91 Å². The Balaban J connectivity index is 1.67. The highest BCUT2D eigenvalue weighted by molar-refractivity contribution is 5.95. The number of nitriles is 1. The van der Waals surface area contributed by atoms with Gasteiger partial charge in [-0.2, -0.15) is 5.26 Å². The van der Waals surface area contributed by atoms with Crippen LogP contribution in [0.15, 0.2) is 42.5 Å². The first-order valence-electron chi connectivity index (χ1n) is 7.86. The van der Waals surface area contributed by atoms with Gasteiger partial charge in [0.05, 0.1) is 11.6 Å². The second-order valence-corrected chi connectivity index (χ2v) is 6.76. The fraction of sp³-hybridized carbons (Fsp3) is 0.300. The largest absolute Gasteiger partial charge is 0.351 e. The molecule has 3 rings (SSSR count). The maximum absolute atomic E-state index is 12.4. The lowest BCUT2D eigenvalue weighted by Gasteiger charge is -2.24. The van der Waals surface area contributed by atoms with Crippen LogP contribution >= 0.6 is 0 Å². The van der Waals surface area contributed by atoms with Crippen molar-refractivity contribution in [1.82, 2.24) is 5.32 Å². The molecule has 0 bridgehead atoms. The van der Waals surface area contributed by atoms with Crippen molar-refractivity contribution >= 4 is 5.91 Å². The van der Waals surface area contributed by atoms with Crippen LogP contribution < -0.4 is 5.32 Å². The van der Waals surface area contributed by atoms with E-state index >= 15 is 0 Å². The number of carbonyl (C=O) groups is 1. The van der Waals surface area contributed by atoms with Crippen LogP contribution in [0.25, 0.3) is 0 Å². The summed E-state index contributed by atoms with van der Waals surface area (Å²) in [6.45, 7) is 4.74. The van der Waals surface area contributed by atoms with E-state index in [2.05, 4.69) is 42.6 Å². The van der Waals surface area contributed by atoms with Crippen molar-refractivity contribution in [2.45, 2.75) is 26.7 Å². The molecule has 2 aromatic carbocycles. The Morgan fingerprint density at radius 2 is 1.87 bits per heavy atom. The first-order valence-corrected chi connectivity index (χ1v) is 7.86. The van der Waals surface area contributed by atoms with Crippen molar-refractivity contribution in [3.8, 4) is 6.07 Å². The minimum absolute atomic E-state index is 0.0656. The van der Waals surface area contributed by atoms with Gasteiger partial charge in [-0.15, -0.1) is 0 Å². The zero-order valence-corrected chi connectivity index (χ0v) is 13.5. The molecule has 0 aliphatic heterocycles. The summed E-state index contributed by atoms with van der Waals surface area (Å²) >= 11 is 0. The number of nitrogens with one attached hydrogen (secondary N) is 1. The Morgan fingerprint density at radius 1 is 1.22 bits per heavy atom. The van der Waals surface area contributed by atoms with Crippen molar-refractivity contribution < 1.29 is 4.79 Å². The third kappa shape index (κ3) is 3.12. The molecule has 0 aromatic heterocycles. The van der Waals surface area contributed by atoms with Crippen LogP contribution in [0.2, 0.25) is 0 Å². The second kappa shape index (κ2) is 5.89. The molecule has 0 radical (unpaired) electrons. The van der Waals surface area contributed by atoms with Crippen LogP contribution in [0, 0.1) is 23.7 Å². The number of benzene rings is 2. The molecule has 1 aliphatic carbocycles. The first-order chi connectivity index (χ1) is 11.0. The Hall–Kier alpha value is -2.60. The fourth-order valence-corrected chi connectivity index (χ4v) is 3.39. The molecule has 0 saturated heterocycles. The number of aryl methyl sites for hydroxylation is 1. The van der Waals surface area contributed by atoms with Gasteiger partial charge in [0, 0.05) is 12.1 Å². The van der Waals surface area contributed by atoms with Gasteiger partial charge in [0.2, 0.25) is 0 Å². The molecule has 0 fully saturated rings. The number of nitrogens with zero attached hydrogens (tertiary/aromatic N) is 1. The van der Waals surface area contributed by atoms with Gasteiger partial charge in [-0.25, -0.2) is 0 Å². The van der Waals surface area contributed by atoms with Crippen LogP contribution in [-0.2, 0) is 12.8 Å². The van der Waals surface area contributed by atoms with Gasteiger partial charge in [-0.05, 0) is 60.1 Å². The van der Waals surface area contributed by atoms with Crippen molar-refractivity contribution in [3.63, 3.8) is 0 Å². The van der Waals surface area contributed by atoms with E-state index in [0.717, 1.165) is 18.4 Å². The number of rotatable bonds is 3. The molecule has 0 spiro atoms. The SMILES string of the molecule is Cc1cc(C#N)ccc1C(=O)NCC1(C)Cc2ccccc2C1. The third-order valence-corrected chi connectivity index (χ3v) is 4.63. The highest BCUT2D eigenvalue weighted by Gasteiger charge is 2.32. The zero-order valence-electron chi connectivity index (χ0n) is 13.5. The van der Waals surface area contributed by atoms with Crippen molar-refractivity contribution in [3.05, 3.63) is 70.3 Å². The van der Waals surface area contributed by atoms with Gasteiger partial charge in [-0.3, -0.25) is 4.79 Å². The Labute approximate surface area is 137 Å². The van der Waals surface area contributed by atoms with E-state index < -0.39 is 0 Å². The van der Waals surface area contributed by atoms with E-state index in [-0.39, 0.29) is 11.3 Å². The maximum Gasteiger partial charge on any atom is 0.251 e. The predicted molar refractivity (Wildman–Crippen MR) is 90.2 cm³/mol. The van der Waals surface area contributed by atoms with Crippen LogP contribution in [0.5, 0.6) is 0 Å². The van der Waals surface area contributed by atoms with E-state index in [9.17, 15) is 4.79 Å². The average molecular weight is 304 g/mol. The van der Waals surface area contributed by atoms with Gasteiger partial charge in [0.15, 0.2) is 0 Å². The third-order valence-electron chi connectivity index (χ3n) is 4.63. The van der Waals surface area contributed by atoms with Crippen LogP contribution in [-0.4, -0.2) is 12.5 Å². The van der Waals surface area contributed by atoms with E-state index in [1.807, 2.05) is 6.92 Å². The quantitative estimate of drug-likeness (QED) is 0.945. The molecule has 23 heavy (non-hydrogen) atoms. The van der Waals surface area contributed by atoms with E-state index in [1.165, 1.54) is 11.1 Å². The minimum Gasteiger partial charge on any atom is -0.351 e. The summed E-state index contributed by atoms with van der Waals surface area (Å²) < 4.78 is 0. The van der Waals surface area contributed by atoms with E-state index in [1.54, 1.807) is 18.2 Å². The van der Waals surface area contributed by atoms with Crippen LogP contribution in [0.4, 0.5) is 0 Å². The Bertz CT molecular complexity index is 777. The molecular weight excluding hydrogens is 284 g/mol. The van der Waals surface area contributed by atoms with Crippen molar-refractivity contribution in [2.75, 3.05) is 6.54 Å². The molecule has 0 atom stereocenters. The molecule has 0 unspecified atom stereocenters. The van der Waals surface area contributed by atoms with Gasteiger partial charge in [-0.1, -0.05) is 31.2 Å². The second-order valence-electron chi connectivity index (χ2n) is 6.76. The van der Waals surface area contributed by atoms with E-state index in [0.29, 0.717) is 17.7 Å². The molecule has 3 heteroatoms. The summed E-state index contributed by atoms with van der Waals surface area (Å²) in [7, 11) is 0. The fourth-order valence-electron chi connectivity index (χ4n) is 3.39. The Kier molecular flexibility index (Phi) is 3.92. The monoisotopic (exact) mass is 304 g/mol.